The summed E-state index contributed by atoms with van der Waals surface area (Å²) < 4.78 is 18.9. The van der Waals surface area contributed by atoms with Crippen LogP contribution in [0.4, 0.5) is 14.9 Å². The normalized spacial score (nSPS) is 14.1. The van der Waals surface area contributed by atoms with E-state index in [9.17, 15) is 23.6 Å². The Hall–Kier alpha value is -3.72. The molecule has 1 heterocycles. The van der Waals surface area contributed by atoms with Crippen LogP contribution in [0.5, 0.6) is 5.75 Å². The lowest BCUT2D eigenvalue weighted by Gasteiger charge is -2.28. The van der Waals surface area contributed by atoms with Gasteiger partial charge < -0.3 is 10.1 Å². The fraction of sp³-hybridized carbons (Fsp3) is 0.143. The number of likely N-dealkylation sites (N-methyl/N-ethyl adjacent to an activating group) is 2. The molecule has 0 unspecified atom stereocenters. The van der Waals surface area contributed by atoms with Gasteiger partial charge in [0.1, 0.15) is 17.1 Å². The highest BCUT2D eigenvalue weighted by atomic mass is 35.5. The minimum absolute atomic E-state index is 0.0272. The van der Waals surface area contributed by atoms with Gasteiger partial charge in [0.05, 0.1) is 10.7 Å². The Bertz CT molecular complexity index is 1090. The first-order chi connectivity index (χ1) is 14.7. The molecule has 0 aromatic heterocycles. The van der Waals surface area contributed by atoms with E-state index in [1.165, 1.54) is 56.6 Å². The summed E-state index contributed by atoms with van der Waals surface area (Å²) in [6, 6.07) is 9.42. The average Bonchev–Trinajstić information content (AvgIpc) is 2.75. The lowest BCUT2D eigenvalue weighted by atomic mass is 10.1. The highest BCUT2D eigenvalue weighted by molar-refractivity contribution is 6.33. The molecule has 0 atom stereocenters. The summed E-state index contributed by atoms with van der Waals surface area (Å²) >= 11 is 6.18. The molecule has 8 nitrogen and oxygen atoms in total. The highest BCUT2D eigenvalue weighted by Crippen LogP contribution is 2.27. The first-order valence-corrected chi connectivity index (χ1v) is 9.35. The van der Waals surface area contributed by atoms with Crippen LogP contribution in [0.25, 0.3) is 6.08 Å². The van der Waals surface area contributed by atoms with Crippen LogP contribution in [-0.4, -0.2) is 54.3 Å². The van der Waals surface area contributed by atoms with Crippen LogP contribution in [0.15, 0.2) is 48.0 Å². The first-order valence-electron chi connectivity index (χ1n) is 8.97. The fourth-order valence-electron chi connectivity index (χ4n) is 2.76. The van der Waals surface area contributed by atoms with Crippen LogP contribution in [0.3, 0.4) is 0 Å². The Labute approximate surface area is 181 Å². The van der Waals surface area contributed by atoms with E-state index < -0.39 is 36.2 Å². The van der Waals surface area contributed by atoms with Crippen molar-refractivity contribution >= 4 is 47.1 Å². The van der Waals surface area contributed by atoms with Gasteiger partial charge in [-0.2, -0.15) is 0 Å². The topological polar surface area (TPSA) is 96.0 Å². The van der Waals surface area contributed by atoms with Crippen molar-refractivity contribution in [1.29, 1.82) is 0 Å². The number of carbonyl (C=O) groups excluding carboxylic acids is 4. The number of anilines is 1. The number of nitrogens with zero attached hydrogens (tertiary/aromatic N) is 2. The Morgan fingerprint density at radius 2 is 1.74 bits per heavy atom. The fourth-order valence-corrected chi connectivity index (χ4v) is 3.00. The maximum atomic E-state index is 13.6. The summed E-state index contributed by atoms with van der Waals surface area (Å²) in [5, 5.41) is 2.51. The van der Waals surface area contributed by atoms with Crippen LogP contribution >= 0.6 is 11.6 Å². The number of hydrogen-bond donors (Lipinski definition) is 1. The van der Waals surface area contributed by atoms with E-state index in [-0.39, 0.29) is 22.0 Å². The molecule has 0 saturated carbocycles. The van der Waals surface area contributed by atoms with Crippen molar-refractivity contribution in [3.05, 3.63) is 64.4 Å². The molecule has 160 valence electrons. The quantitative estimate of drug-likeness (QED) is 0.564. The van der Waals surface area contributed by atoms with Crippen molar-refractivity contribution < 1.29 is 28.3 Å². The zero-order valence-corrected chi connectivity index (χ0v) is 17.3. The zero-order chi connectivity index (χ0) is 22.7. The number of ether oxygens (including phenoxy) is 1. The third kappa shape index (κ3) is 4.72. The smallest absolute Gasteiger partial charge is 0.333 e. The van der Waals surface area contributed by atoms with Gasteiger partial charge in [0.25, 0.3) is 17.7 Å². The molecule has 0 bridgehead atoms. The van der Waals surface area contributed by atoms with Gasteiger partial charge in [-0.15, -0.1) is 0 Å². The summed E-state index contributed by atoms with van der Waals surface area (Å²) in [6.07, 6.45) is 1.31. The van der Waals surface area contributed by atoms with Crippen molar-refractivity contribution in [2.24, 2.45) is 0 Å². The van der Waals surface area contributed by atoms with E-state index in [1.54, 1.807) is 6.07 Å². The molecule has 0 radical (unpaired) electrons. The number of halogens is 2. The van der Waals surface area contributed by atoms with Crippen molar-refractivity contribution in [2.45, 2.75) is 0 Å². The molecule has 5 amide bonds. The number of imide groups is 2. The predicted molar refractivity (Wildman–Crippen MR) is 111 cm³/mol. The third-order valence-electron chi connectivity index (χ3n) is 4.42. The molecular formula is C21H17ClFN3O5. The summed E-state index contributed by atoms with van der Waals surface area (Å²) in [6.45, 7) is -0.414. The van der Waals surface area contributed by atoms with E-state index in [1.807, 2.05) is 0 Å². The lowest BCUT2D eigenvalue weighted by Crippen LogP contribution is -2.52. The Kier molecular flexibility index (Phi) is 6.36. The van der Waals surface area contributed by atoms with Gasteiger partial charge in [0.2, 0.25) is 0 Å². The molecule has 31 heavy (non-hydrogen) atoms. The van der Waals surface area contributed by atoms with E-state index in [0.717, 1.165) is 9.80 Å². The molecule has 3 rings (SSSR count). The number of amides is 5. The van der Waals surface area contributed by atoms with Gasteiger partial charge in [-0.3, -0.25) is 24.2 Å². The standard InChI is InChI=1S/C21H17ClFN3O5/c1-25-19(28)13(20(29)26(2)21(25)30)9-12-7-8-17(14(22)10-12)31-11-18(27)24-16-6-4-3-5-15(16)23/h3-10H,11H2,1-2H3,(H,24,27). The summed E-state index contributed by atoms with van der Waals surface area (Å²) in [5.41, 5.74) is 0.249. The van der Waals surface area contributed by atoms with Crippen molar-refractivity contribution in [3.8, 4) is 5.75 Å². The minimum Gasteiger partial charge on any atom is -0.482 e. The molecule has 1 aliphatic rings. The van der Waals surface area contributed by atoms with Crippen molar-refractivity contribution in [2.75, 3.05) is 26.0 Å². The minimum atomic E-state index is -0.727. The summed E-state index contributed by atoms with van der Waals surface area (Å²) in [5.74, 6) is -2.43. The Balaban J connectivity index is 1.70. The second-order valence-electron chi connectivity index (χ2n) is 6.58. The predicted octanol–water partition coefficient (Wildman–Crippen LogP) is 2.93. The summed E-state index contributed by atoms with van der Waals surface area (Å²) in [4.78, 5) is 50.0. The molecule has 0 aliphatic carbocycles. The van der Waals surface area contributed by atoms with Crippen LogP contribution in [0.1, 0.15) is 5.56 Å². The molecule has 2 aromatic rings. The lowest BCUT2D eigenvalue weighted by molar-refractivity contribution is -0.134. The molecular weight excluding hydrogens is 429 g/mol. The largest absolute Gasteiger partial charge is 0.482 e. The van der Waals surface area contributed by atoms with E-state index in [2.05, 4.69) is 5.32 Å². The van der Waals surface area contributed by atoms with Gasteiger partial charge >= 0.3 is 6.03 Å². The number of barbiturate groups is 1. The number of benzene rings is 2. The maximum Gasteiger partial charge on any atom is 0.333 e. The van der Waals surface area contributed by atoms with E-state index >= 15 is 0 Å². The molecule has 1 saturated heterocycles. The first kappa shape index (κ1) is 22.0. The van der Waals surface area contributed by atoms with Crippen LogP contribution < -0.4 is 10.1 Å². The second-order valence-corrected chi connectivity index (χ2v) is 6.98. The van der Waals surface area contributed by atoms with Gasteiger partial charge in [0, 0.05) is 14.1 Å². The third-order valence-corrected chi connectivity index (χ3v) is 4.71. The number of para-hydroxylation sites is 1. The van der Waals surface area contributed by atoms with Gasteiger partial charge in [-0.1, -0.05) is 29.8 Å². The second kappa shape index (κ2) is 8.97. The number of rotatable bonds is 5. The van der Waals surface area contributed by atoms with Crippen LogP contribution in [0, 0.1) is 5.82 Å². The Morgan fingerprint density at radius 1 is 1.10 bits per heavy atom. The van der Waals surface area contributed by atoms with E-state index in [4.69, 9.17) is 16.3 Å². The molecule has 2 aromatic carbocycles. The molecule has 1 aliphatic heterocycles. The van der Waals surface area contributed by atoms with E-state index in [0.29, 0.717) is 5.56 Å². The monoisotopic (exact) mass is 445 g/mol. The SMILES string of the molecule is CN1C(=O)C(=Cc2ccc(OCC(=O)Nc3ccccc3F)c(Cl)c2)C(=O)N(C)C1=O. The molecule has 1 fully saturated rings. The van der Waals surface area contributed by atoms with Crippen LogP contribution in [0.2, 0.25) is 5.02 Å². The number of nitrogens with one attached hydrogen (secondary N) is 1. The Morgan fingerprint density at radius 3 is 2.35 bits per heavy atom. The van der Waals surface area contributed by atoms with Crippen molar-refractivity contribution in [1.82, 2.24) is 9.80 Å². The van der Waals surface area contributed by atoms with Gasteiger partial charge in [-0.25, -0.2) is 9.18 Å². The highest BCUT2D eigenvalue weighted by Gasteiger charge is 2.37. The van der Waals surface area contributed by atoms with Gasteiger partial charge in [-0.05, 0) is 35.9 Å². The molecule has 1 N–H and O–H groups in total. The summed E-state index contributed by atoms with van der Waals surface area (Å²) in [7, 11) is 2.55. The molecule has 10 heteroatoms. The average molecular weight is 446 g/mol. The van der Waals surface area contributed by atoms with Crippen molar-refractivity contribution in [3.63, 3.8) is 0 Å². The van der Waals surface area contributed by atoms with Crippen LogP contribution in [-0.2, 0) is 14.4 Å². The number of hydrogen-bond acceptors (Lipinski definition) is 5. The number of carbonyl (C=O) groups is 4. The number of urea groups is 1. The zero-order valence-electron chi connectivity index (χ0n) is 16.5. The van der Waals surface area contributed by atoms with Gasteiger partial charge in [0.15, 0.2) is 6.61 Å². The maximum absolute atomic E-state index is 13.6. The molecule has 0 spiro atoms.